The first-order chi connectivity index (χ1) is 8.40. The Hall–Kier alpha value is -1.38. The fourth-order valence-corrected chi connectivity index (χ4v) is 2.67. The van der Waals surface area contributed by atoms with Crippen molar-refractivity contribution in [1.29, 1.82) is 0 Å². The molecule has 1 fully saturated rings. The maximum atomic E-state index is 13.1. The van der Waals surface area contributed by atoms with E-state index in [0.29, 0.717) is 12.3 Å². The Bertz CT molecular complexity index is 456. The van der Waals surface area contributed by atoms with Crippen LogP contribution in [0.2, 0.25) is 0 Å². The van der Waals surface area contributed by atoms with Gasteiger partial charge in [-0.05, 0) is 31.0 Å². The molecule has 0 bridgehead atoms. The van der Waals surface area contributed by atoms with Crippen LogP contribution in [-0.4, -0.2) is 19.4 Å². The summed E-state index contributed by atoms with van der Waals surface area (Å²) in [6, 6.07) is 6.50. The molecule has 1 saturated carbocycles. The van der Waals surface area contributed by atoms with Crippen molar-refractivity contribution < 1.29 is 9.18 Å². The average molecular weight is 249 g/mol. The monoisotopic (exact) mass is 249 g/mol. The minimum absolute atomic E-state index is 0.0771. The number of carbonyl (C=O) groups is 1. The molecule has 1 aliphatic carbocycles. The standard InChI is InChI=1S/C15H20FNO/c1-15(2)8-7-11(14(15)18)10-17(3)13-6-4-5-12(16)9-13/h4-6,9,11H,7-8,10H2,1-3H3. The summed E-state index contributed by atoms with van der Waals surface area (Å²) in [6.45, 7) is 4.70. The lowest BCUT2D eigenvalue weighted by atomic mass is 9.89. The predicted molar refractivity (Wildman–Crippen MR) is 71.2 cm³/mol. The first-order valence-electron chi connectivity index (χ1n) is 6.41. The van der Waals surface area contributed by atoms with Gasteiger partial charge in [-0.15, -0.1) is 0 Å². The molecule has 0 spiro atoms. The van der Waals surface area contributed by atoms with Crippen LogP contribution in [-0.2, 0) is 4.79 Å². The van der Waals surface area contributed by atoms with E-state index in [-0.39, 0.29) is 17.2 Å². The van der Waals surface area contributed by atoms with Gasteiger partial charge in [0.15, 0.2) is 0 Å². The molecule has 0 radical (unpaired) electrons. The van der Waals surface area contributed by atoms with Crippen LogP contribution in [0.4, 0.5) is 10.1 Å². The first-order valence-corrected chi connectivity index (χ1v) is 6.41. The van der Waals surface area contributed by atoms with Gasteiger partial charge in [0.1, 0.15) is 11.6 Å². The Morgan fingerprint density at radius 1 is 1.44 bits per heavy atom. The van der Waals surface area contributed by atoms with Crippen LogP contribution in [0.5, 0.6) is 0 Å². The van der Waals surface area contributed by atoms with E-state index in [1.165, 1.54) is 12.1 Å². The maximum absolute atomic E-state index is 13.1. The summed E-state index contributed by atoms with van der Waals surface area (Å²) in [5.41, 5.74) is 0.639. The quantitative estimate of drug-likeness (QED) is 0.819. The number of hydrogen-bond donors (Lipinski definition) is 0. The van der Waals surface area contributed by atoms with Crippen molar-refractivity contribution in [2.24, 2.45) is 11.3 Å². The number of anilines is 1. The van der Waals surface area contributed by atoms with E-state index < -0.39 is 0 Å². The number of halogens is 1. The van der Waals surface area contributed by atoms with E-state index in [1.807, 2.05) is 31.9 Å². The molecular weight excluding hydrogens is 229 g/mol. The molecule has 3 heteroatoms. The zero-order chi connectivity index (χ0) is 13.3. The molecule has 1 aromatic carbocycles. The highest BCUT2D eigenvalue weighted by atomic mass is 19.1. The van der Waals surface area contributed by atoms with E-state index in [2.05, 4.69) is 0 Å². The highest BCUT2D eigenvalue weighted by molar-refractivity contribution is 5.88. The lowest BCUT2D eigenvalue weighted by Crippen LogP contribution is -2.31. The minimum Gasteiger partial charge on any atom is -0.374 e. The Morgan fingerprint density at radius 2 is 2.17 bits per heavy atom. The van der Waals surface area contributed by atoms with Gasteiger partial charge in [-0.2, -0.15) is 0 Å². The summed E-state index contributed by atoms with van der Waals surface area (Å²) in [5.74, 6) is 0.177. The zero-order valence-corrected chi connectivity index (χ0v) is 11.2. The highest BCUT2D eigenvalue weighted by Crippen LogP contribution is 2.38. The van der Waals surface area contributed by atoms with Crippen molar-refractivity contribution in [2.45, 2.75) is 26.7 Å². The van der Waals surface area contributed by atoms with E-state index in [1.54, 1.807) is 6.07 Å². The molecular formula is C15H20FNO. The molecule has 2 nitrogen and oxygen atoms in total. The number of nitrogens with zero attached hydrogens (tertiary/aromatic N) is 1. The van der Waals surface area contributed by atoms with Crippen LogP contribution in [0.25, 0.3) is 0 Å². The minimum atomic E-state index is -0.238. The van der Waals surface area contributed by atoms with E-state index >= 15 is 0 Å². The molecule has 1 aliphatic rings. The number of Topliss-reactive ketones (excluding diaryl/α,β-unsaturated/α-hetero) is 1. The molecule has 1 unspecified atom stereocenters. The third-order valence-corrected chi connectivity index (χ3v) is 3.90. The molecule has 0 saturated heterocycles. The largest absolute Gasteiger partial charge is 0.374 e. The smallest absolute Gasteiger partial charge is 0.143 e. The van der Waals surface area contributed by atoms with Gasteiger partial charge in [0, 0.05) is 30.6 Å². The molecule has 0 heterocycles. The topological polar surface area (TPSA) is 20.3 Å². The highest BCUT2D eigenvalue weighted by Gasteiger charge is 2.40. The van der Waals surface area contributed by atoms with Gasteiger partial charge >= 0.3 is 0 Å². The molecule has 18 heavy (non-hydrogen) atoms. The van der Waals surface area contributed by atoms with E-state index in [0.717, 1.165) is 18.5 Å². The van der Waals surface area contributed by atoms with Crippen molar-refractivity contribution in [3.8, 4) is 0 Å². The maximum Gasteiger partial charge on any atom is 0.143 e. The number of benzene rings is 1. The van der Waals surface area contributed by atoms with Crippen LogP contribution in [0.3, 0.4) is 0 Å². The Morgan fingerprint density at radius 3 is 2.72 bits per heavy atom. The van der Waals surface area contributed by atoms with Crippen LogP contribution < -0.4 is 4.90 Å². The number of hydrogen-bond acceptors (Lipinski definition) is 2. The van der Waals surface area contributed by atoms with Crippen molar-refractivity contribution >= 4 is 11.5 Å². The second-order valence-electron chi connectivity index (χ2n) is 5.84. The molecule has 0 amide bonds. The molecule has 0 aromatic heterocycles. The second kappa shape index (κ2) is 4.71. The van der Waals surface area contributed by atoms with Crippen LogP contribution in [0.1, 0.15) is 26.7 Å². The zero-order valence-electron chi connectivity index (χ0n) is 11.2. The first kappa shape index (κ1) is 13.1. The van der Waals surface area contributed by atoms with Crippen LogP contribution in [0.15, 0.2) is 24.3 Å². The van der Waals surface area contributed by atoms with Gasteiger partial charge in [-0.1, -0.05) is 19.9 Å². The normalized spacial score (nSPS) is 22.2. The summed E-state index contributed by atoms with van der Waals surface area (Å²) >= 11 is 0. The molecule has 1 aromatic rings. The van der Waals surface area contributed by atoms with Crippen molar-refractivity contribution in [3.05, 3.63) is 30.1 Å². The SMILES string of the molecule is CN(CC1CCC(C)(C)C1=O)c1cccc(F)c1. The van der Waals surface area contributed by atoms with E-state index in [9.17, 15) is 9.18 Å². The van der Waals surface area contributed by atoms with Gasteiger partial charge in [0.05, 0.1) is 0 Å². The van der Waals surface area contributed by atoms with Crippen LogP contribution >= 0.6 is 0 Å². The Kier molecular flexibility index (Phi) is 3.42. The summed E-state index contributed by atoms with van der Waals surface area (Å²) < 4.78 is 13.1. The number of rotatable bonds is 3. The fraction of sp³-hybridized carbons (Fsp3) is 0.533. The Balaban J connectivity index is 2.05. The van der Waals surface area contributed by atoms with E-state index in [4.69, 9.17) is 0 Å². The van der Waals surface area contributed by atoms with Gasteiger partial charge < -0.3 is 4.90 Å². The summed E-state index contributed by atoms with van der Waals surface area (Å²) in [6.07, 6.45) is 1.89. The molecule has 98 valence electrons. The van der Waals surface area contributed by atoms with Gasteiger partial charge in [0.25, 0.3) is 0 Å². The van der Waals surface area contributed by atoms with Gasteiger partial charge in [0.2, 0.25) is 0 Å². The third kappa shape index (κ3) is 2.55. The predicted octanol–water partition coefficient (Wildman–Crippen LogP) is 3.27. The Labute approximate surface area is 108 Å². The molecule has 0 aliphatic heterocycles. The van der Waals surface area contributed by atoms with Crippen LogP contribution in [0, 0.1) is 17.2 Å². The van der Waals surface area contributed by atoms with Gasteiger partial charge in [-0.25, -0.2) is 4.39 Å². The second-order valence-corrected chi connectivity index (χ2v) is 5.84. The molecule has 2 rings (SSSR count). The molecule has 0 N–H and O–H groups in total. The van der Waals surface area contributed by atoms with Crippen molar-refractivity contribution in [2.75, 3.05) is 18.5 Å². The summed E-state index contributed by atoms with van der Waals surface area (Å²) in [5, 5.41) is 0. The fourth-order valence-electron chi connectivity index (χ4n) is 2.67. The molecule has 1 atom stereocenters. The van der Waals surface area contributed by atoms with Gasteiger partial charge in [-0.3, -0.25) is 4.79 Å². The number of ketones is 1. The lowest BCUT2D eigenvalue weighted by Gasteiger charge is -2.23. The number of carbonyl (C=O) groups excluding carboxylic acids is 1. The average Bonchev–Trinajstić information content (AvgIpc) is 2.56. The summed E-state index contributed by atoms with van der Waals surface area (Å²) in [7, 11) is 1.91. The van der Waals surface area contributed by atoms with Crippen molar-refractivity contribution in [1.82, 2.24) is 0 Å². The van der Waals surface area contributed by atoms with Crippen molar-refractivity contribution in [3.63, 3.8) is 0 Å². The summed E-state index contributed by atoms with van der Waals surface area (Å²) in [4.78, 5) is 14.1. The third-order valence-electron chi connectivity index (χ3n) is 3.90. The lowest BCUT2D eigenvalue weighted by molar-refractivity contribution is -0.127.